The van der Waals surface area contributed by atoms with Gasteiger partial charge in [0.2, 0.25) is 0 Å². The summed E-state index contributed by atoms with van der Waals surface area (Å²) >= 11 is 0. The summed E-state index contributed by atoms with van der Waals surface area (Å²) in [4.78, 5) is 24.9. The molecular weight excluding hydrogens is 246 g/mol. The van der Waals surface area contributed by atoms with Gasteiger partial charge in [-0.15, -0.1) is 0 Å². The van der Waals surface area contributed by atoms with Crippen LogP contribution in [-0.2, 0) is 4.79 Å². The highest BCUT2D eigenvalue weighted by atomic mass is 16.4. The summed E-state index contributed by atoms with van der Waals surface area (Å²) < 4.78 is 0. The van der Waals surface area contributed by atoms with Crippen molar-refractivity contribution in [2.24, 2.45) is 5.41 Å². The normalized spacial score (nSPS) is 16.3. The van der Waals surface area contributed by atoms with Crippen LogP contribution in [0.4, 0.5) is 4.79 Å². The number of nitrogens with zero attached hydrogens (tertiary/aromatic N) is 2. The Morgan fingerprint density at radius 2 is 2.05 bits per heavy atom. The van der Waals surface area contributed by atoms with Gasteiger partial charge in [0.15, 0.2) is 0 Å². The van der Waals surface area contributed by atoms with Gasteiger partial charge in [-0.25, -0.2) is 9.59 Å². The fourth-order valence-electron chi connectivity index (χ4n) is 1.86. The molecule has 2 N–H and O–H groups in total. The van der Waals surface area contributed by atoms with Gasteiger partial charge in [0.25, 0.3) is 0 Å². The molecule has 0 aromatic rings. The number of aliphatic carboxylic acids is 1. The van der Waals surface area contributed by atoms with Crippen LogP contribution in [-0.4, -0.2) is 40.6 Å². The molecule has 0 heterocycles. The van der Waals surface area contributed by atoms with Gasteiger partial charge in [-0.05, 0) is 18.3 Å². The second kappa shape index (κ2) is 5.91. The van der Waals surface area contributed by atoms with Crippen LogP contribution in [0.25, 0.3) is 0 Å². The first-order valence-electron chi connectivity index (χ1n) is 6.44. The standard InChI is InChI=1S/C13H21N3O3/c1-13(2,3)10(11(17)18)15-12(19)16(8-4-7-14)9-5-6-9/h9-10H,4-6,8H2,1-3H3,(H,15,19)(H,17,18)/t10-/m1/s1. The summed E-state index contributed by atoms with van der Waals surface area (Å²) in [5.41, 5.74) is -0.564. The molecule has 6 nitrogen and oxygen atoms in total. The van der Waals surface area contributed by atoms with Crippen molar-refractivity contribution in [1.82, 2.24) is 10.2 Å². The van der Waals surface area contributed by atoms with E-state index in [1.165, 1.54) is 0 Å². The van der Waals surface area contributed by atoms with Gasteiger partial charge >= 0.3 is 12.0 Å². The molecule has 6 heteroatoms. The highest BCUT2D eigenvalue weighted by molar-refractivity contribution is 5.83. The van der Waals surface area contributed by atoms with Crippen molar-refractivity contribution in [1.29, 1.82) is 5.26 Å². The SMILES string of the molecule is CC(C)(C)[C@H](NC(=O)N(CCC#N)C1CC1)C(=O)O. The topological polar surface area (TPSA) is 93.4 Å². The van der Waals surface area contributed by atoms with Crippen LogP contribution in [0.5, 0.6) is 0 Å². The van der Waals surface area contributed by atoms with Gasteiger partial charge < -0.3 is 15.3 Å². The molecule has 1 aliphatic carbocycles. The fourth-order valence-corrected chi connectivity index (χ4v) is 1.86. The van der Waals surface area contributed by atoms with Crippen molar-refractivity contribution in [3.8, 4) is 6.07 Å². The monoisotopic (exact) mass is 267 g/mol. The van der Waals surface area contributed by atoms with Crippen LogP contribution in [0.1, 0.15) is 40.0 Å². The Morgan fingerprint density at radius 3 is 2.42 bits per heavy atom. The van der Waals surface area contributed by atoms with E-state index in [2.05, 4.69) is 5.32 Å². The second-order valence-corrected chi connectivity index (χ2v) is 5.92. The second-order valence-electron chi connectivity index (χ2n) is 5.92. The van der Waals surface area contributed by atoms with E-state index in [1.54, 1.807) is 25.7 Å². The molecular formula is C13H21N3O3. The van der Waals surface area contributed by atoms with Crippen molar-refractivity contribution in [2.75, 3.05) is 6.54 Å². The third kappa shape index (κ3) is 4.43. The zero-order valence-corrected chi connectivity index (χ0v) is 11.6. The number of nitriles is 1. The molecule has 0 bridgehead atoms. The predicted octanol–water partition coefficient (Wildman–Crippen LogP) is 1.57. The molecule has 0 aromatic heterocycles. The summed E-state index contributed by atoms with van der Waals surface area (Å²) in [5.74, 6) is -1.04. The average molecular weight is 267 g/mol. The molecule has 0 saturated heterocycles. The Bertz CT molecular complexity index is 391. The number of carbonyl (C=O) groups is 2. The van der Waals surface area contributed by atoms with Crippen molar-refractivity contribution >= 4 is 12.0 Å². The van der Waals surface area contributed by atoms with E-state index in [9.17, 15) is 14.7 Å². The molecule has 2 amide bonds. The lowest BCUT2D eigenvalue weighted by molar-refractivity contribution is -0.142. The first kappa shape index (κ1) is 15.3. The van der Waals surface area contributed by atoms with Crippen LogP contribution < -0.4 is 5.32 Å². The van der Waals surface area contributed by atoms with Gasteiger partial charge in [0.1, 0.15) is 6.04 Å². The van der Waals surface area contributed by atoms with E-state index in [4.69, 9.17) is 5.26 Å². The quantitative estimate of drug-likeness (QED) is 0.790. The van der Waals surface area contributed by atoms with E-state index < -0.39 is 17.4 Å². The minimum absolute atomic E-state index is 0.155. The summed E-state index contributed by atoms with van der Waals surface area (Å²) in [6.07, 6.45) is 2.11. The van der Waals surface area contributed by atoms with Gasteiger partial charge in [-0.3, -0.25) is 0 Å². The summed E-state index contributed by atoms with van der Waals surface area (Å²) in [7, 11) is 0. The molecule has 1 atom stereocenters. The number of hydrogen-bond donors (Lipinski definition) is 2. The minimum Gasteiger partial charge on any atom is -0.480 e. The Labute approximate surface area is 113 Å². The van der Waals surface area contributed by atoms with Gasteiger partial charge in [0, 0.05) is 12.6 Å². The van der Waals surface area contributed by atoms with Gasteiger partial charge in [-0.2, -0.15) is 5.26 Å². The Hall–Kier alpha value is -1.77. The Balaban J connectivity index is 2.69. The van der Waals surface area contributed by atoms with E-state index in [-0.39, 0.29) is 18.5 Å². The molecule has 1 aliphatic rings. The zero-order chi connectivity index (χ0) is 14.6. The van der Waals surface area contributed by atoms with Crippen LogP contribution in [0.3, 0.4) is 0 Å². The third-order valence-corrected chi connectivity index (χ3v) is 3.09. The number of rotatable bonds is 5. The maximum absolute atomic E-state index is 12.1. The summed E-state index contributed by atoms with van der Waals surface area (Å²) in [5, 5.41) is 20.3. The predicted molar refractivity (Wildman–Crippen MR) is 69.4 cm³/mol. The molecule has 1 saturated carbocycles. The van der Waals surface area contributed by atoms with Crippen LogP contribution in [0, 0.1) is 16.7 Å². The number of nitrogens with one attached hydrogen (secondary N) is 1. The van der Waals surface area contributed by atoms with Crippen LogP contribution >= 0.6 is 0 Å². The number of urea groups is 1. The van der Waals surface area contributed by atoms with Crippen molar-refractivity contribution in [2.45, 2.75) is 52.1 Å². The number of carbonyl (C=O) groups excluding carboxylic acids is 1. The summed E-state index contributed by atoms with van der Waals surface area (Å²) in [6, 6.07) is 0.829. The molecule has 0 radical (unpaired) electrons. The largest absolute Gasteiger partial charge is 0.480 e. The molecule has 19 heavy (non-hydrogen) atoms. The van der Waals surface area contributed by atoms with Gasteiger partial charge in [-0.1, -0.05) is 20.8 Å². The fraction of sp³-hybridized carbons (Fsp3) is 0.769. The highest BCUT2D eigenvalue weighted by Gasteiger charge is 2.37. The Morgan fingerprint density at radius 1 is 1.47 bits per heavy atom. The Kier molecular flexibility index (Phi) is 4.76. The summed E-state index contributed by atoms with van der Waals surface area (Å²) in [6.45, 7) is 5.65. The number of carboxylic acids is 1. The smallest absolute Gasteiger partial charge is 0.326 e. The molecule has 0 aromatic carbocycles. The molecule has 1 fully saturated rings. The number of carboxylic acid groups (broad SMARTS) is 1. The maximum Gasteiger partial charge on any atom is 0.326 e. The first-order valence-corrected chi connectivity index (χ1v) is 6.44. The minimum atomic E-state index is -1.04. The van der Waals surface area contributed by atoms with E-state index >= 15 is 0 Å². The van der Waals surface area contributed by atoms with Crippen molar-refractivity contribution < 1.29 is 14.7 Å². The molecule has 0 spiro atoms. The maximum atomic E-state index is 12.1. The average Bonchev–Trinajstić information content (AvgIpc) is 3.08. The van der Waals surface area contributed by atoms with E-state index in [1.807, 2.05) is 6.07 Å². The van der Waals surface area contributed by atoms with Crippen LogP contribution in [0.15, 0.2) is 0 Å². The molecule has 0 aliphatic heterocycles. The van der Waals surface area contributed by atoms with E-state index in [0.717, 1.165) is 12.8 Å². The van der Waals surface area contributed by atoms with Crippen LogP contribution in [0.2, 0.25) is 0 Å². The van der Waals surface area contributed by atoms with Crippen molar-refractivity contribution in [3.63, 3.8) is 0 Å². The number of hydrogen-bond acceptors (Lipinski definition) is 3. The lowest BCUT2D eigenvalue weighted by Crippen LogP contribution is -2.54. The van der Waals surface area contributed by atoms with Crippen molar-refractivity contribution in [3.05, 3.63) is 0 Å². The van der Waals surface area contributed by atoms with Gasteiger partial charge in [0.05, 0.1) is 12.5 Å². The molecule has 1 rings (SSSR count). The lowest BCUT2D eigenvalue weighted by Gasteiger charge is -2.31. The molecule has 106 valence electrons. The highest BCUT2D eigenvalue weighted by Crippen LogP contribution is 2.27. The third-order valence-electron chi connectivity index (χ3n) is 3.09. The van der Waals surface area contributed by atoms with E-state index in [0.29, 0.717) is 6.54 Å². The zero-order valence-electron chi connectivity index (χ0n) is 11.6. The first-order chi connectivity index (χ1) is 8.77. The number of amides is 2. The lowest BCUT2D eigenvalue weighted by atomic mass is 9.87. The molecule has 0 unspecified atom stereocenters.